The third kappa shape index (κ3) is 3.16. The summed E-state index contributed by atoms with van der Waals surface area (Å²) in [6, 6.07) is 12.0. The number of sulfone groups is 1. The Kier molecular flexibility index (Phi) is 3.96. The molecule has 0 atom stereocenters. The van der Waals surface area contributed by atoms with Gasteiger partial charge in [0.15, 0.2) is 9.84 Å². The van der Waals surface area contributed by atoms with Crippen LogP contribution in [0.5, 0.6) is 0 Å². The average molecular weight is 340 g/mol. The minimum atomic E-state index is -3.36. The van der Waals surface area contributed by atoms with Crippen molar-refractivity contribution in [2.45, 2.75) is 17.6 Å². The smallest absolute Gasteiger partial charge is 0.182 e. The highest BCUT2D eigenvalue weighted by Gasteiger charge is 2.17. The Bertz CT molecular complexity index is 711. The molecule has 0 aliphatic carbocycles. The molecule has 0 amide bonds. The Labute approximate surface area is 121 Å². The summed E-state index contributed by atoms with van der Waals surface area (Å²) < 4.78 is 25.5. The Hall–Kier alpha value is -1.33. The van der Waals surface area contributed by atoms with E-state index in [4.69, 9.17) is 5.73 Å². The quantitative estimate of drug-likeness (QED) is 0.872. The molecule has 0 aromatic heterocycles. The van der Waals surface area contributed by atoms with Crippen molar-refractivity contribution in [1.29, 1.82) is 0 Å². The molecule has 0 unspecified atom stereocenters. The minimum Gasteiger partial charge on any atom is -0.399 e. The standard InChI is InChI=1S/C14H14BrNO2S/c1-10-11(4-2-7-14(10)16)9-19(17,18)13-6-3-5-12(15)8-13/h2-8H,9,16H2,1H3. The van der Waals surface area contributed by atoms with Gasteiger partial charge in [0.1, 0.15) is 0 Å². The van der Waals surface area contributed by atoms with E-state index in [1.54, 1.807) is 42.5 Å². The molecule has 2 rings (SSSR count). The predicted molar refractivity (Wildman–Crippen MR) is 80.6 cm³/mol. The van der Waals surface area contributed by atoms with Crippen molar-refractivity contribution >= 4 is 31.5 Å². The molecule has 0 heterocycles. The van der Waals surface area contributed by atoms with Gasteiger partial charge < -0.3 is 5.73 Å². The molecular formula is C14H14BrNO2S. The Morgan fingerprint density at radius 3 is 2.53 bits per heavy atom. The molecule has 0 spiro atoms. The number of hydrogen-bond acceptors (Lipinski definition) is 3. The maximum absolute atomic E-state index is 12.4. The summed E-state index contributed by atoms with van der Waals surface area (Å²) in [5.41, 5.74) is 7.97. The van der Waals surface area contributed by atoms with E-state index < -0.39 is 9.84 Å². The van der Waals surface area contributed by atoms with Gasteiger partial charge >= 0.3 is 0 Å². The van der Waals surface area contributed by atoms with E-state index in [2.05, 4.69) is 15.9 Å². The Morgan fingerprint density at radius 2 is 1.84 bits per heavy atom. The second-order valence-corrected chi connectivity index (χ2v) is 7.25. The van der Waals surface area contributed by atoms with Crippen molar-refractivity contribution in [3.8, 4) is 0 Å². The fourth-order valence-electron chi connectivity index (χ4n) is 1.81. The summed E-state index contributed by atoms with van der Waals surface area (Å²) in [6.07, 6.45) is 0. The van der Waals surface area contributed by atoms with Gasteiger partial charge in [-0.05, 0) is 42.3 Å². The van der Waals surface area contributed by atoms with Gasteiger partial charge in [0, 0.05) is 10.2 Å². The number of nitrogens with two attached hydrogens (primary N) is 1. The van der Waals surface area contributed by atoms with Crippen LogP contribution in [0.2, 0.25) is 0 Å². The number of anilines is 1. The first-order valence-corrected chi connectivity index (χ1v) is 8.17. The van der Waals surface area contributed by atoms with Crippen LogP contribution in [0.25, 0.3) is 0 Å². The SMILES string of the molecule is Cc1c(N)cccc1CS(=O)(=O)c1cccc(Br)c1. The lowest BCUT2D eigenvalue weighted by atomic mass is 10.1. The molecule has 0 bridgehead atoms. The molecule has 100 valence electrons. The highest BCUT2D eigenvalue weighted by Crippen LogP contribution is 2.23. The van der Waals surface area contributed by atoms with E-state index in [-0.39, 0.29) is 5.75 Å². The van der Waals surface area contributed by atoms with E-state index in [0.717, 1.165) is 15.6 Å². The molecule has 0 fully saturated rings. The zero-order chi connectivity index (χ0) is 14.0. The van der Waals surface area contributed by atoms with Crippen LogP contribution in [-0.2, 0) is 15.6 Å². The largest absolute Gasteiger partial charge is 0.399 e. The van der Waals surface area contributed by atoms with E-state index in [0.29, 0.717) is 10.6 Å². The second kappa shape index (κ2) is 5.35. The molecule has 2 N–H and O–H groups in total. The predicted octanol–water partition coefficient (Wildman–Crippen LogP) is 3.31. The first-order valence-electron chi connectivity index (χ1n) is 5.72. The Morgan fingerprint density at radius 1 is 1.16 bits per heavy atom. The molecule has 2 aromatic carbocycles. The van der Waals surface area contributed by atoms with E-state index in [9.17, 15) is 8.42 Å². The van der Waals surface area contributed by atoms with Gasteiger partial charge in [-0.2, -0.15) is 0 Å². The van der Waals surface area contributed by atoms with Gasteiger partial charge in [0.05, 0.1) is 10.6 Å². The van der Waals surface area contributed by atoms with Crippen molar-refractivity contribution in [2.24, 2.45) is 0 Å². The summed E-state index contributed by atoms with van der Waals surface area (Å²) >= 11 is 3.28. The van der Waals surface area contributed by atoms with Gasteiger partial charge in [0.2, 0.25) is 0 Å². The van der Waals surface area contributed by atoms with Crippen LogP contribution in [0.15, 0.2) is 51.8 Å². The molecule has 0 aliphatic heterocycles. The number of hydrogen-bond donors (Lipinski definition) is 1. The van der Waals surface area contributed by atoms with E-state index in [1.807, 2.05) is 6.92 Å². The summed E-state index contributed by atoms with van der Waals surface area (Å²) in [5.74, 6) is -0.0413. The third-order valence-corrected chi connectivity index (χ3v) is 5.15. The molecule has 5 heteroatoms. The lowest BCUT2D eigenvalue weighted by Gasteiger charge is -2.09. The molecule has 2 aromatic rings. The highest BCUT2D eigenvalue weighted by atomic mass is 79.9. The van der Waals surface area contributed by atoms with Gasteiger partial charge in [0.25, 0.3) is 0 Å². The fraction of sp³-hybridized carbons (Fsp3) is 0.143. The number of nitrogen functional groups attached to an aromatic ring is 1. The first kappa shape index (κ1) is 14.1. The van der Waals surface area contributed by atoms with Crippen LogP contribution in [0.1, 0.15) is 11.1 Å². The zero-order valence-electron chi connectivity index (χ0n) is 10.4. The van der Waals surface area contributed by atoms with Gasteiger partial charge in [-0.15, -0.1) is 0 Å². The Balaban J connectivity index is 2.39. The van der Waals surface area contributed by atoms with Crippen LogP contribution in [-0.4, -0.2) is 8.42 Å². The lowest BCUT2D eigenvalue weighted by Crippen LogP contribution is -2.07. The normalized spacial score (nSPS) is 11.5. The second-order valence-electron chi connectivity index (χ2n) is 4.35. The molecule has 0 radical (unpaired) electrons. The van der Waals surface area contributed by atoms with Crippen molar-refractivity contribution in [3.63, 3.8) is 0 Å². The van der Waals surface area contributed by atoms with Gasteiger partial charge in [-0.25, -0.2) is 8.42 Å². The van der Waals surface area contributed by atoms with Crippen LogP contribution in [0, 0.1) is 6.92 Å². The average Bonchev–Trinajstić information content (AvgIpc) is 2.35. The van der Waals surface area contributed by atoms with Crippen LogP contribution < -0.4 is 5.73 Å². The maximum atomic E-state index is 12.4. The van der Waals surface area contributed by atoms with Crippen LogP contribution in [0.3, 0.4) is 0 Å². The van der Waals surface area contributed by atoms with E-state index >= 15 is 0 Å². The third-order valence-electron chi connectivity index (χ3n) is 2.99. The first-order chi connectivity index (χ1) is 8.90. The summed E-state index contributed by atoms with van der Waals surface area (Å²) in [5, 5.41) is 0. The minimum absolute atomic E-state index is 0.0413. The molecule has 19 heavy (non-hydrogen) atoms. The van der Waals surface area contributed by atoms with Crippen LogP contribution >= 0.6 is 15.9 Å². The topological polar surface area (TPSA) is 60.2 Å². The summed E-state index contributed by atoms with van der Waals surface area (Å²) in [7, 11) is -3.36. The molecule has 3 nitrogen and oxygen atoms in total. The van der Waals surface area contributed by atoms with Crippen LogP contribution in [0.4, 0.5) is 5.69 Å². The highest BCUT2D eigenvalue weighted by molar-refractivity contribution is 9.10. The number of halogens is 1. The van der Waals surface area contributed by atoms with E-state index in [1.165, 1.54) is 0 Å². The van der Waals surface area contributed by atoms with Crippen molar-refractivity contribution in [2.75, 3.05) is 5.73 Å². The monoisotopic (exact) mass is 339 g/mol. The van der Waals surface area contributed by atoms with Crippen molar-refractivity contribution < 1.29 is 8.42 Å². The molecule has 0 saturated carbocycles. The fourth-order valence-corrected chi connectivity index (χ4v) is 3.84. The maximum Gasteiger partial charge on any atom is 0.182 e. The lowest BCUT2D eigenvalue weighted by molar-refractivity contribution is 0.595. The van der Waals surface area contributed by atoms with Gasteiger partial charge in [-0.3, -0.25) is 0 Å². The van der Waals surface area contributed by atoms with Crippen molar-refractivity contribution in [1.82, 2.24) is 0 Å². The molecule has 0 aliphatic rings. The summed E-state index contributed by atoms with van der Waals surface area (Å²) in [6.45, 7) is 1.83. The van der Waals surface area contributed by atoms with Gasteiger partial charge in [-0.1, -0.05) is 34.1 Å². The van der Waals surface area contributed by atoms with Crippen molar-refractivity contribution in [3.05, 3.63) is 58.1 Å². The number of benzene rings is 2. The molecular weight excluding hydrogens is 326 g/mol. The number of rotatable bonds is 3. The zero-order valence-corrected chi connectivity index (χ0v) is 12.8. The molecule has 0 saturated heterocycles. The summed E-state index contributed by atoms with van der Waals surface area (Å²) in [4.78, 5) is 0.309.